The van der Waals surface area contributed by atoms with Gasteiger partial charge in [0.2, 0.25) is 0 Å². The van der Waals surface area contributed by atoms with E-state index in [-0.39, 0.29) is 6.61 Å². The van der Waals surface area contributed by atoms with Crippen molar-refractivity contribution in [1.82, 2.24) is 0 Å². The van der Waals surface area contributed by atoms with Gasteiger partial charge in [0.15, 0.2) is 0 Å². The minimum absolute atomic E-state index is 0.0279. The van der Waals surface area contributed by atoms with Gasteiger partial charge in [-0.05, 0) is 6.42 Å². The van der Waals surface area contributed by atoms with Crippen LogP contribution in [0.5, 0.6) is 0 Å². The molecule has 0 amide bonds. The normalized spacial score (nSPS) is 12.5. The molecule has 0 radical (unpaired) electrons. The van der Waals surface area contributed by atoms with Gasteiger partial charge >= 0.3 is 12.1 Å². The molecule has 0 saturated heterocycles. The molecule has 0 aliphatic heterocycles. The van der Waals surface area contributed by atoms with E-state index in [1.165, 1.54) is 0 Å². The number of hydrogen-bond donors (Lipinski definition) is 0. The zero-order valence-corrected chi connectivity index (χ0v) is 11.8. The number of hydrogen-bond acceptors (Lipinski definition) is 5. The highest BCUT2D eigenvalue weighted by atomic mass is 35.7. The Bertz CT molecular complexity index is 577. The Labute approximate surface area is 115 Å². The maximum atomic E-state index is 12.6. The molecule has 0 fully saturated rings. The largest absolute Gasteiger partial charge is 0.461 e. The van der Waals surface area contributed by atoms with Crippen LogP contribution in [0.3, 0.4) is 0 Å². The Balaban J connectivity index is 3.36. The maximum absolute atomic E-state index is 12.6. The molecule has 1 aromatic heterocycles. The molecule has 0 aliphatic carbocycles. The molecule has 0 aliphatic rings. The van der Waals surface area contributed by atoms with Gasteiger partial charge in [-0.3, -0.25) is 0 Å². The van der Waals surface area contributed by atoms with E-state index in [2.05, 4.69) is 4.74 Å². The Morgan fingerprint density at radius 2 is 2.05 bits per heavy atom. The quantitative estimate of drug-likeness (QED) is 0.625. The zero-order chi connectivity index (χ0) is 14.8. The Morgan fingerprint density at radius 1 is 1.47 bits per heavy atom. The fourth-order valence-electron chi connectivity index (χ4n) is 1.19. The average Bonchev–Trinajstić information content (AvgIpc) is 2.69. The first kappa shape index (κ1) is 16.3. The van der Waals surface area contributed by atoms with E-state index in [9.17, 15) is 26.4 Å². The lowest BCUT2D eigenvalue weighted by atomic mass is 10.3. The Kier molecular flexibility index (Phi) is 4.86. The van der Waals surface area contributed by atoms with Crippen LogP contribution in [0.4, 0.5) is 13.2 Å². The van der Waals surface area contributed by atoms with E-state index < -0.39 is 36.5 Å². The highest BCUT2D eigenvalue weighted by Crippen LogP contribution is 2.40. The summed E-state index contributed by atoms with van der Waals surface area (Å²) < 4.78 is 65.0. The van der Waals surface area contributed by atoms with Gasteiger partial charge in [-0.15, -0.1) is 11.3 Å². The molecule has 0 bridgehead atoms. The average molecular weight is 337 g/mol. The lowest BCUT2D eigenvalue weighted by Gasteiger charge is -2.07. The van der Waals surface area contributed by atoms with Crippen LogP contribution in [0, 0.1) is 0 Å². The van der Waals surface area contributed by atoms with Crippen molar-refractivity contribution >= 4 is 37.0 Å². The van der Waals surface area contributed by atoms with E-state index in [0.29, 0.717) is 23.1 Å². The first-order chi connectivity index (χ1) is 8.59. The molecule has 0 aromatic carbocycles. The summed E-state index contributed by atoms with van der Waals surface area (Å²) in [6, 6.07) is 0. The number of esters is 1. The first-order valence-corrected chi connectivity index (χ1v) is 8.08. The molecule has 0 saturated carbocycles. The van der Waals surface area contributed by atoms with Gasteiger partial charge in [-0.25, -0.2) is 13.2 Å². The predicted molar refractivity (Wildman–Crippen MR) is 62.9 cm³/mol. The smallest absolute Gasteiger partial charge is 0.418 e. The van der Waals surface area contributed by atoms with E-state index in [0.717, 1.165) is 0 Å². The monoisotopic (exact) mass is 336 g/mol. The van der Waals surface area contributed by atoms with Gasteiger partial charge < -0.3 is 4.74 Å². The summed E-state index contributed by atoms with van der Waals surface area (Å²) in [6.45, 7) is 1.65. The van der Waals surface area contributed by atoms with Gasteiger partial charge in [0.25, 0.3) is 9.05 Å². The third-order valence-corrected chi connectivity index (χ3v) is 4.38. The van der Waals surface area contributed by atoms with Crippen LogP contribution in [0.1, 0.15) is 28.6 Å². The van der Waals surface area contributed by atoms with Crippen molar-refractivity contribution in [1.29, 1.82) is 0 Å². The lowest BCUT2D eigenvalue weighted by molar-refractivity contribution is -0.139. The van der Waals surface area contributed by atoms with Crippen molar-refractivity contribution in [3.8, 4) is 0 Å². The molecule has 1 heterocycles. The van der Waals surface area contributed by atoms with Crippen LogP contribution in [0.15, 0.2) is 10.3 Å². The van der Waals surface area contributed by atoms with Crippen molar-refractivity contribution in [2.45, 2.75) is 24.4 Å². The van der Waals surface area contributed by atoms with Crippen LogP contribution in [0.2, 0.25) is 0 Å². The minimum Gasteiger partial charge on any atom is -0.461 e. The summed E-state index contributed by atoms with van der Waals surface area (Å²) in [5, 5.41) is 0.526. The molecule has 1 rings (SSSR count). The maximum Gasteiger partial charge on any atom is 0.418 e. The second-order valence-electron chi connectivity index (χ2n) is 3.38. The number of alkyl halides is 3. The molecule has 0 N–H and O–H groups in total. The topological polar surface area (TPSA) is 60.4 Å². The number of halogens is 4. The lowest BCUT2D eigenvalue weighted by Crippen LogP contribution is -2.12. The van der Waals surface area contributed by atoms with Crippen LogP contribution >= 0.6 is 22.0 Å². The number of rotatable bonds is 4. The summed E-state index contributed by atoms with van der Waals surface area (Å²) in [6.07, 6.45) is -4.47. The fraction of sp³-hybridized carbons (Fsp3) is 0.444. The van der Waals surface area contributed by atoms with Crippen molar-refractivity contribution in [3.63, 3.8) is 0 Å². The van der Waals surface area contributed by atoms with Gasteiger partial charge in [0.05, 0.1) is 12.2 Å². The van der Waals surface area contributed by atoms with E-state index in [1.807, 2.05) is 0 Å². The molecule has 108 valence electrons. The van der Waals surface area contributed by atoms with Crippen molar-refractivity contribution < 1.29 is 31.1 Å². The molecule has 0 spiro atoms. The molecule has 10 heteroatoms. The summed E-state index contributed by atoms with van der Waals surface area (Å²) in [4.78, 5) is 9.60. The Morgan fingerprint density at radius 3 is 2.47 bits per heavy atom. The third-order valence-electron chi connectivity index (χ3n) is 1.92. The predicted octanol–water partition coefficient (Wildman–Crippen LogP) is 3.26. The molecule has 19 heavy (non-hydrogen) atoms. The van der Waals surface area contributed by atoms with Gasteiger partial charge in [0.1, 0.15) is 9.77 Å². The summed E-state index contributed by atoms with van der Waals surface area (Å²) >= 11 is 0.330. The molecular weight excluding hydrogens is 329 g/mol. The number of thiophene rings is 1. The van der Waals surface area contributed by atoms with Crippen LogP contribution in [-0.4, -0.2) is 21.0 Å². The van der Waals surface area contributed by atoms with E-state index >= 15 is 0 Å². The SMILES string of the molecule is CCCOC(=O)c1scc(C(F)(F)F)c1S(=O)(=O)Cl. The molecular formula is C9H8ClF3O4S2. The second kappa shape index (κ2) is 5.68. The number of ether oxygens (including phenoxy) is 1. The zero-order valence-electron chi connectivity index (χ0n) is 9.45. The highest BCUT2D eigenvalue weighted by Gasteiger charge is 2.41. The summed E-state index contributed by atoms with van der Waals surface area (Å²) in [7, 11) is 0.253. The van der Waals surface area contributed by atoms with Gasteiger partial charge in [0, 0.05) is 16.1 Å². The van der Waals surface area contributed by atoms with Gasteiger partial charge in [-0.1, -0.05) is 6.92 Å². The van der Waals surface area contributed by atoms with Crippen LogP contribution < -0.4 is 0 Å². The van der Waals surface area contributed by atoms with Crippen LogP contribution in [-0.2, 0) is 20.0 Å². The van der Waals surface area contributed by atoms with E-state index in [1.54, 1.807) is 6.92 Å². The summed E-state index contributed by atoms with van der Waals surface area (Å²) in [5.74, 6) is -1.14. The minimum atomic E-state index is -4.92. The van der Waals surface area contributed by atoms with Crippen molar-refractivity contribution in [2.24, 2.45) is 0 Å². The molecule has 0 unspecified atom stereocenters. The van der Waals surface area contributed by atoms with Crippen molar-refractivity contribution in [3.05, 3.63) is 15.8 Å². The molecule has 1 aromatic rings. The molecule has 0 atom stereocenters. The van der Waals surface area contributed by atoms with Gasteiger partial charge in [-0.2, -0.15) is 13.2 Å². The second-order valence-corrected chi connectivity index (χ2v) is 6.76. The number of carbonyl (C=O) groups is 1. The fourth-order valence-corrected chi connectivity index (χ4v) is 3.95. The Hall–Kier alpha value is -0.800. The number of carbonyl (C=O) groups excluding carboxylic acids is 1. The van der Waals surface area contributed by atoms with Crippen LogP contribution in [0.25, 0.3) is 0 Å². The first-order valence-electron chi connectivity index (χ1n) is 4.89. The van der Waals surface area contributed by atoms with Crippen molar-refractivity contribution in [2.75, 3.05) is 6.61 Å². The highest BCUT2D eigenvalue weighted by molar-refractivity contribution is 8.14. The third kappa shape index (κ3) is 3.83. The molecule has 4 nitrogen and oxygen atoms in total. The van der Waals surface area contributed by atoms with E-state index in [4.69, 9.17) is 10.7 Å². The summed E-state index contributed by atoms with van der Waals surface area (Å²) in [5.41, 5.74) is -1.46. The standard InChI is InChI=1S/C9H8ClF3O4S2/c1-2-3-17-8(14)6-7(19(10,15)16)5(4-18-6)9(11,12)13/h4H,2-3H2,1H3.